The Balaban J connectivity index is 3.86. The maximum atomic E-state index is 11.5. The lowest BCUT2D eigenvalue weighted by Crippen LogP contribution is -2.34. The number of carbonyl (C=O) groups excluding carboxylic acids is 1. The van der Waals surface area contributed by atoms with E-state index in [-0.39, 0.29) is 11.7 Å². The first-order valence-corrected chi connectivity index (χ1v) is 6.47. The van der Waals surface area contributed by atoms with E-state index >= 15 is 0 Å². The molecule has 0 aliphatic carbocycles. The third-order valence-corrected chi connectivity index (χ3v) is 3.29. The molecule has 1 atom stereocenters. The first-order valence-electron chi connectivity index (χ1n) is 4.98. The molecule has 0 aromatic heterocycles. The molecule has 0 spiro atoms. The maximum absolute atomic E-state index is 11.5. The van der Waals surface area contributed by atoms with Gasteiger partial charge in [-0.15, -0.1) is 0 Å². The SMILES string of the molecule is CCN(CC)C(=O)CS(=O)CCCN. The summed E-state index contributed by atoms with van der Waals surface area (Å²) in [4.78, 5) is 13.2. The molecule has 0 aliphatic heterocycles. The van der Waals surface area contributed by atoms with Crippen LogP contribution in [0.2, 0.25) is 0 Å². The van der Waals surface area contributed by atoms with Gasteiger partial charge in [-0.3, -0.25) is 9.00 Å². The topological polar surface area (TPSA) is 63.4 Å². The summed E-state index contributed by atoms with van der Waals surface area (Å²) in [5.74, 6) is 0.649. The number of amides is 1. The summed E-state index contributed by atoms with van der Waals surface area (Å²) in [6.07, 6.45) is 0.720. The molecule has 0 saturated carbocycles. The molecule has 0 aliphatic rings. The van der Waals surface area contributed by atoms with Crippen LogP contribution in [0.25, 0.3) is 0 Å². The van der Waals surface area contributed by atoms with Crippen LogP contribution >= 0.6 is 0 Å². The van der Waals surface area contributed by atoms with Gasteiger partial charge in [0.1, 0.15) is 5.75 Å². The van der Waals surface area contributed by atoms with Crippen LogP contribution in [0.1, 0.15) is 20.3 Å². The molecule has 0 aromatic rings. The summed E-state index contributed by atoms with van der Waals surface area (Å²) < 4.78 is 11.4. The predicted molar refractivity (Wildman–Crippen MR) is 59.5 cm³/mol. The molecule has 0 radical (unpaired) electrons. The van der Waals surface area contributed by atoms with Gasteiger partial charge < -0.3 is 10.6 Å². The molecule has 1 amide bonds. The molecule has 0 heterocycles. The van der Waals surface area contributed by atoms with E-state index in [4.69, 9.17) is 5.73 Å². The number of nitrogens with two attached hydrogens (primary N) is 1. The van der Waals surface area contributed by atoms with Gasteiger partial charge in [-0.05, 0) is 26.8 Å². The summed E-state index contributed by atoms with van der Waals surface area (Å²) >= 11 is 0. The fourth-order valence-electron chi connectivity index (χ4n) is 1.12. The monoisotopic (exact) mass is 220 g/mol. The average Bonchev–Trinajstić information content (AvgIpc) is 2.16. The lowest BCUT2D eigenvalue weighted by Gasteiger charge is -2.17. The Morgan fingerprint density at radius 3 is 2.36 bits per heavy atom. The Bertz CT molecular complexity index is 193. The van der Waals surface area contributed by atoms with Crippen molar-refractivity contribution in [3.63, 3.8) is 0 Å². The van der Waals surface area contributed by atoms with Crippen molar-refractivity contribution in [2.45, 2.75) is 20.3 Å². The van der Waals surface area contributed by atoms with Crippen LogP contribution in [0.4, 0.5) is 0 Å². The largest absolute Gasteiger partial charge is 0.342 e. The predicted octanol–water partition coefficient (Wildman–Crippen LogP) is -0.0477. The highest BCUT2D eigenvalue weighted by Crippen LogP contribution is 1.93. The Kier molecular flexibility index (Phi) is 7.70. The lowest BCUT2D eigenvalue weighted by atomic mass is 10.5. The quantitative estimate of drug-likeness (QED) is 0.654. The molecule has 4 nitrogen and oxygen atoms in total. The first kappa shape index (κ1) is 13.6. The van der Waals surface area contributed by atoms with E-state index in [1.54, 1.807) is 4.90 Å². The van der Waals surface area contributed by atoms with Gasteiger partial charge in [-0.1, -0.05) is 0 Å². The number of rotatable bonds is 7. The normalized spacial score (nSPS) is 12.5. The smallest absolute Gasteiger partial charge is 0.235 e. The molecule has 1 unspecified atom stereocenters. The summed E-state index contributed by atoms with van der Waals surface area (Å²) in [7, 11) is -1.04. The molecule has 0 aromatic carbocycles. The Morgan fingerprint density at radius 2 is 1.93 bits per heavy atom. The molecule has 0 bridgehead atoms. The van der Waals surface area contributed by atoms with Gasteiger partial charge in [-0.2, -0.15) is 0 Å². The van der Waals surface area contributed by atoms with Gasteiger partial charge in [-0.25, -0.2) is 0 Å². The number of carbonyl (C=O) groups is 1. The van der Waals surface area contributed by atoms with Gasteiger partial charge in [0, 0.05) is 29.6 Å². The van der Waals surface area contributed by atoms with Crippen molar-refractivity contribution in [2.24, 2.45) is 5.73 Å². The lowest BCUT2D eigenvalue weighted by molar-refractivity contribution is -0.128. The van der Waals surface area contributed by atoms with Gasteiger partial charge in [0.2, 0.25) is 5.91 Å². The molecular weight excluding hydrogens is 200 g/mol. The minimum atomic E-state index is -1.04. The zero-order valence-corrected chi connectivity index (χ0v) is 9.81. The van der Waals surface area contributed by atoms with Crippen LogP contribution < -0.4 is 5.73 Å². The van der Waals surface area contributed by atoms with E-state index in [0.29, 0.717) is 25.4 Å². The highest BCUT2D eigenvalue weighted by Gasteiger charge is 2.12. The van der Waals surface area contributed by atoms with E-state index < -0.39 is 10.8 Å². The van der Waals surface area contributed by atoms with Crippen LogP contribution in [0.15, 0.2) is 0 Å². The fraction of sp³-hybridized carbons (Fsp3) is 0.889. The fourth-order valence-corrected chi connectivity index (χ4v) is 2.21. The van der Waals surface area contributed by atoms with Crippen LogP contribution in [0, 0.1) is 0 Å². The zero-order valence-electron chi connectivity index (χ0n) is 8.99. The minimum Gasteiger partial charge on any atom is -0.342 e. The average molecular weight is 220 g/mol. The third kappa shape index (κ3) is 5.34. The molecule has 84 valence electrons. The van der Waals surface area contributed by atoms with E-state index in [1.807, 2.05) is 13.8 Å². The molecule has 0 saturated heterocycles. The van der Waals surface area contributed by atoms with Gasteiger partial charge in [0.15, 0.2) is 0 Å². The van der Waals surface area contributed by atoms with Crippen molar-refractivity contribution >= 4 is 16.7 Å². The second-order valence-corrected chi connectivity index (χ2v) is 4.57. The molecule has 0 fully saturated rings. The molecule has 14 heavy (non-hydrogen) atoms. The van der Waals surface area contributed by atoms with Crippen LogP contribution in [0.5, 0.6) is 0 Å². The maximum Gasteiger partial charge on any atom is 0.235 e. The summed E-state index contributed by atoms with van der Waals surface area (Å²) in [6.45, 7) is 5.74. The highest BCUT2D eigenvalue weighted by atomic mass is 32.2. The summed E-state index contributed by atoms with van der Waals surface area (Å²) in [5.41, 5.74) is 5.29. The van der Waals surface area contributed by atoms with Gasteiger partial charge in [0.05, 0.1) is 0 Å². The molecular formula is C9H20N2O2S. The van der Waals surface area contributed by atoms with Gasteiger partial charge in [0.25, 0.3) is 0 Å². The second kappa shape index (κ2) is 7.94. The van der Waals surface area contributed by atoms with Crippen molar-refractivity contribution in [1.82, 2.24) is 4.90 Å². The van der Waals surface area contributed by atoms with E-state index in [1.165, 1.54) is 0 Å². The molecule has 0 rings (SSSR count). The Hall–Kier alpha value is -0.420. The third-order valence-electron chi connectivity index (χ3n) is 1.98. The summed E-state index contributed by atoms with van der Waals surface area (Å²) in [6, 6.07) is 0. The van der Waals surface area contributed by atoms with Crippen molar-refractivity contribution in [3.8, 4) is 0 Å². The standard InChI is InChI=1S/C9H20N2O2S/c1-3-11(4-2)9(12)8-14(13)7-5-6-10/h3-8,10H2,1-2H3. The van der Waals surface area contributed by atoms with Crippen LogP contribution in [0.3, 0.4) is 0 Å². The van der Waals surface area contributed by atoms with Crippen molar-refractivity contribution in [2.75, 3.05) is 31.1 Å². The number of nitrogens with zero attached hydrogens (tertiary/aromatic N) is 1. The van der Waals surface area contributed by atoms with E-state index in [9.17, 15) is 9.00 Å². The Morgan fingerprint density at radius 1 is 1.36 bits per heavy atom. The first-order chi connectivity index (χ1) is 6.65. The summed E-state index contributed by atoms with van der Waals surface area (Å²) in [5, 5.41) is 0. The Labute approximate surface area is 88.3 Å². The van der Waals surface area contributed by atoms with Crippen LogP contribution in [-0.2, 0) is 15.6 Å². The van der Waals surface area contributed by atoms with Gasteiger partial charge >= 0.3 is 0 Å². The highest BCUT2D eigenvalue weighted by molar-refractivity contribution is 7.85. The number of hydrogen-bond donors (Lipinski definition) is 1. The van der Waals surface area contributed by atoms with Crippen molar-refractivity contribution in [1.29, 1.82) is 0 Å². The zero-order chi connectivity index (χ0) is 11.0. The number of hydrogen-bond acceptors (Lipinski definition) is 3. The minimum absolute atomic E-state index is 0.0228. The molecule has 5 heteroatoms. The van der Waals surface area contributed by atoms with E-state index in [2.05, 4.69) is 0 Å². The second-order valence-electron chi connectivity index (χ2n) is 3.00. The van der Waals surface area contributed by atoms with E-state index in [0.717, 1.165) is 6.42 Å². The molecule has 2 N–H and O–H groups in total. The van der Waals surface area contributed by atoms with Crippen LogP contribution in [-0.4, -0.2) is 46.2 Å². The van der Waals surface area contributed by atoms with Crippen molar-refractivity contribution < 1.29 is 9.00 Å². The van der Waals surface area contributed by atoms with Crippen molar-refractivity contribution in [3.05, 3.63) is 0 Å².